The first-order valence-corrected chi connectivity index (χ1v) is 9.15. The lowest BCUT2D eigenvalue weighted by atomic mass is 10.2. The van der Waals surface area contributed by atoms with Crippen molar-refractivity contribution in [3.63, 3.8) is 0 Å². The number of hydrogen-bond acceptors (Lipinski definition) is 6. The predicted molar refractivity (Wildman–Crippen MR) is 105 cm³/mol. The van der Waals surface area contributed by atoms with Crippen molar-refractivity contribution in [2.75, 3.05) is 27.0 Å². The third kappa shape index (κ3) is 3.75. The van der Waals surface area contributed by atoms with E-state index in [-0.39, 0.29) is 17.2 Å². The number of nitrogens with one attached hydrogen (secondary N) is 1. The van der Waals surface area contributed by atoms with Gasteiger partial charge in [-0.1, -0.05) is 23.9 Å². The molecule has 1 aromatic heterocycles. The monoisotopic (exact) mass is 385 g/mol. The van der Waals surface area contributed by atoms with Crippen molar-refractivity contribution in [1.82, 2.24) is 14.9 Å². The number of carbonyl (C=O) groups is 1. The van der Waals surface area contributed by atoms with Crippen LogP contribution in [-0.2, 0) is 4.79 Å². The molecule has 0 bridgehead atoms. The summed E-state index contributed by atoms with van der Waals surface area (Å²) in [4.78, 5) is 29.4. The molecule has 0 unspecified atom stereocenters. The third-order valence-electron chi connectivity index (χ3n) is 3.98. The molecule has 0 spiro atoms. The number of benzene rings is 2. The minimum Gasteiger partial charge on any atom is -0.493 e. The topological polar surface area (TPSA) is 82.5 Å². The highest BCUT2D eigenvalue weighted by Gasteiger charge is 2.16. The van der Waals surface area contributed by atoms with Crippen LogP contribution in [-0.4, -0.2) is 42.5 Å². The number of thioether (sulfide) groups is 1. The number of hydrogen-bond donors (Lipinski definition) is 1. The highest BCUT2D eigenvalue weighted by molar-refractivity contribution is 7.99. The number of para-hydroxylation sites is 1. The van der Waals surface area contributed by atoms with E-state index in [4.69, 9.17) is 9.47 Å². The number of methoxy groups -OCH3 is 2. The van der Waals surface area contributed by atoms with Crippen LogP contribution >= 0.6 is 11.8 Å². The maximum Gasteiger partial charge on any atom is 0.266 e. The van der Waals surface area contributed by atoms with Crippen molar-refractivity contribution in [3.05, 3.63) is 52.8 Å². The second-order valence-electron chi connectivity index (χ2n) is 5.55. The summed E-state index contributed by atoms with van der Waals surface area (Å²) < 4.78 is 12.1. The molecule has 1 heterocycles. The van der Waals surface area contributed by atoms with E-state index < -0.39 is 0 Å². The van der Waals surface area contributed by atoms with Gasteiger partial charge in [0.1, 0.15) is 0 Å². The van der Waals surface area contributed by atoms with Gasteiger partial charge in [-0.3, -0.25) is 14.2 Å². The van der Waals surface area contributed by atoms with Crippen molar-refractivity contribution in [1.29, 1.82) is 0 Å². The molecule has 2 aromatic carbocycles. The van der Waals surface area contributed by atoms with E-state index in [1.165, 1.54) is 23.4 Å². The molecule has 1 amide bonds. The first-order valence-electron chi connectivity index (χ1n) is 8.16. The van der Waals surface area contributed by atoms with Gasteiger partial charge in [-0.2, -0.15) is 0 Å². The molecule has 1 N–H and O–H groups in total. The maximum atomic E-state index is 13.2. The molecule has 0 atom stereocenters. The summed E-state index contributed by atoms with van der Waals surface area (Å²) in [6.07, 6.45) is 0. The Balaban J connectivity index is 2.21. The zero-order chi connectivity index (χ0) is 19.4. The first-order chi connectivity index (χ1) is 13.1. The predicted octanol–water partition coefficient (Wildman–Crippen LogP) is 2.24. The Labute approximate surface area is 160 Å². The van der Waals surface area contributed by atoms with Crippen molar-refractivity contribution in [2.45, 2.75) is 5.16 Å². The number of carbonyl (C=O) groups excluding carboxylic acids is 1. The Morgan fingerprint density at radius 2 is 1.89 bits per heavy atom. The number of aromatic nitrogens is 2. The SMILES string of the molecule is CNC(=O)CSc1nc2ccccc2c(=O)n1-c1ccc(OC)c(OC)c1. The minimum absolute atomic E-state index is 0.147. The second kappa shape index (κ2) is 8.13. The average Bonchev–Trinajstić information content (AvgIpc) is 2.71. The molecule has 3 aromatic rings. The fraction of sp³-hybridized carbons (Fsp3) is 0.211. The highest BCUT2D eigenvalue weighted by Crippen LogP contribution is 2.30. The number of nitrogens with zero attached hydrogens (tertiary/aromatic N) is 2. The van der Waals surface area contributed by atoms with E-state index >= 15 is 0 Å². The number of fused-ring (bicyclic) bond motifs is 1. The molecule has 8 heteroatoms. The standard InChI is InChI=1S/C19H19N3O4S/c1-20-17(23)11-27-19-21-14-7-5-4-6-13(14)18(24)22(19)12-8-9-15(25-2)16(10-12)26-3/h4-10H,11H2,1-3H3,(H,20,23). The van der Waals surface area contributed by atoms with Gasteiger partial charge in [0.25, 0.3) is 5.56 Å². The Morgan fingerprint density at radius 1 is 1.15 bits per heavy atom. The molecule has 0 aliphatic rings. The Bertz CT molecular complexity index is 1050. The smallest absolute Gasteiger partial charge is 0.266 e. The van der Waals surface area contributed by atoms with Gasteiger partial charge in [0.15, 0.2) is 16.7 Å². The quantitative estimate of drug-likeness (QED) is 0.518. The molecule has 140 valence electrons. The molecular weight excluding hydrogens is 366 g/mol. The number of amides is 1. The van der Waals surface area contributed by atoms with Gasteiger partial charge in [0.05, 0.1) is 36.6 Å². The molecule has 0 aliphatic heterocycles. The molecule has 0 radical (unpaired) electrons. The molecule has 0 aliphatic carbocycles. The van der Waals surface area contributed by atoms with Crippen LogP contribution in [0, 0.1) is 0 Å². The summed E-state index contributed by atoms with van der Waals surface area (Å²) >= 11 is 1.19. The van der Waals surface area contributed by atoms with Crippen molar-refractivity contribution < 1.29 is 14.3 Å². The summed E-state index contributed by atoms with van der Waals surface area (Å²) in [6, 6.07) is 12.3. The maximum absolute atomic E-state index is 13.2. The molecular formula is C19H19N3O4S. The normalized spacial score (nSPS) is 10.6. The summed E-state index contributed by atoms with van der Waals surface area (Å²) in [7, 11) is 4.65. The summed E-state index contributed by atoms with van der Waals surface area (Å²) in [5.74, 6) is 1.05. The van der Waals surface area contributed by atoms with E-state index in [2.05, 4.69) is 10.3 Å². The van der Waals surface area contributed by atoms with Gasteiger partial charge in [-0.25, -0.2) is 4.98 Å². The first kappa shape index (κ1) is 18.8. The van der Waals surface area contributed by atoms with Crippen molar-refractivity contribution >= 4 is 28.6 Å². The minimum atomic E-state index is -0.216. The fourth-order valence-electron chi connectivity index (χ4n) is 2.60. The largest absolute Gasteiger partial charge is 0.493 e. The lowest BCUT2D eigenvalue weighted by Gasteiger charge is -2.15. The highest BCUT2D eigenvalue weighted by atomic mass is 32.2. The number of rotatable bonds is 6. The van der Waals surface area contributed by atoms with Crippen LogP contribution in [0.2, 0.25) is 0 Å². The van der Waals surface area contributed by atoms with Gasteiger partial charge in [-0.15, -0.1) is 0 Å². The Kier molecular flexibility index (Phi) is 5.66. The van der Waals surface area contributed by atoms with E-state index in [0.717, 1.165) is 0 Å². The molecule has 0 saturated heterocycles. The average molecular weight is 385 g/mol. The van der Waals surface area contributed by atoms with E-state index in [0.29, 0.717) is 33.2 Å². The van der Waals surface area contributed by atoms with Gasteiger partial charge in [0, 0.05) is 13.1 Å². The zero-order valence-electron chi connectivity index (χ0n) is 15.2. The van der Waals surface area contributed by atoms with Crippen molar-refractivity contribution in [3.8, 4) is 17.2 Å². The van der Waals surface area contributed by atoms with Gasteiger partial charge < -0.3 is 14.8 Å². The van der Waals surface area contributed by atoms with Crippen LogP contribution in [0.15, 0.2) is 52.4 Å². The summed E-state index contributed by atoms with van der Waals surface area (Å²) in [6.45, 7) is 0. The molecule has 27 heavy (non-hydrogen) atoms. The van der Waals surface area contributed by atoms with Crippen LogP contribution < -0.4 is 20.3 Å². The third-order valence-corrected chi connectivity index (χ3v) is 4.92. The molecule has 7 nitrogen and oxygen atoms in total. The van der Waals surface area contributed by atoms with Crippen LogP contribution in [0.25, 0.3) is 16.6 Å². The Morgan fingerprint density at radius 3 is 2.59 bits per heavy atom. The van der Waals surface area contributed by atoms with Crippen LogP contribution in [0.3, 0.4) is 0 Å². The van der Waals surface area contributed by atoms with Crippen LogP contribution in [0.5, 0.6) is 11.5 Å². The van der Waals surface area contributed by atoms with Gasteiger partial charge in [0.2, 0.25) is 5.91 Å². The van der Waals surface area contributed by atoms with Crippen molar-refractivity contribution in [2.24, 2.45) is 0 Å². The van der Waals surface area contributed by atoms with Crippen LogP contribution in [0.4, 0.5) is 0 Å². The summed E-state index contributed by atoms with van der Waals surface area (Å²) in [5.41, 5.74) is 0.946. The van der Waals surface area contributed by atoms with E-state index in [1.807, 2.05) is 6.07 Å². The fourth-order valence-corrected chi connectivity index (χ4v) is 3.49. The summed E-state index contributed by atoms with van der Waals surface area (Å²) in [5, 5.41) is 3.49. The molecule has 0 fully saturated rings. The number of ether oxygens (including phenoxy) is 2. The van der Waals surface area contributed by atoms with Gasteiger partial charge in [-0.05, 0) is 24.3 Å². The zero-order valence-corrected chi connectivity index (χ0v) is 16.0. The Hall–Kier alpha value is -3.00. The van der Waals surface area contributed by atoms with Gasteiger partial charge >= 0.3 is 0 Å². The van der Waals surface area contributed by atoms with E-state index in [9.17, 15) is 9.59 Å². The lowest BCUT2D eigenvalue weighted by molar-refractivity contribution is -0.118. The lowest BCUT2D eigenvalue weighted by Crippen LogP contribution is -2.24. The molecule has 0 saturated carbocycles. The molecule has 3 rings (SSSR count). The van der Waals surface area contributed by atoms with Crippen LogP contribution in [0.1, 0.15) is 0 Å². The van der Waals surface area contributed by atoms with E-state index in [1.54, 1.807) is 50.6 Å². The second-order valence-corrected chi connectivity index (χ2v) is 6.50.